The predicted molar refractivity (Wildman–Crippen MR) is 129 cm³/mol. The van der Waals surface area contributed by atoms with Crippen LogP contribution in [0.4, 0.5) is 0 Å². The van der Waals surface area contributed by atoms with Crippen molar-refractivity contribution in [2.75, 3.05) is 6.61 Å². The molecule has 3 saturated carbocycles. The summed E-state index contributed by atoms with van der Waals surface area (Å²) in [6.07, 6.45) is 12.1. The van der Waals surface area contributed by atoms with Crippen molar-refractivity contribution < 1.29 is 23.9 Å². The summed E-state index contributed by atoms with van der Waals surface area (Å²) in [5.41, 5.74) is 1.51. The van der Waals surface area contributed by atoms with E-state index in [0.717, 1.165) is 51.4 Å². The first-order valence-corrected chi connectivity index (χ1v) is 13.7. The number of hydrogen-bond acceptors (Lipinski definition) is 5. The molecule has 0 spiro atoms. The number of fused-ring (bicyclic) bond motifs is 5. The second kappa shape index (κ2) is 8.78. The topological polar surface area (TPSA) is 69.7 Å². The molecule has 1 aliphatic heterocycles. The molecule has 0 amide bonds. The van der Waals surface area contributed by atoms with E-state index in [1.54, 1.807) is 0 Å². The lowest BCUT2D eigenvalue weighted by Gasteiger charge is -2.59. The highest BCUT2D eigenvalue weighted by Gasteiger charge is 2.62. The minimum atomic E-state index is -0.196. The first kappa shape index (κ1) is 24.1. The van der Waals surface area contributed by atoms with Gasteiger partial charge in [0.25, 0.3) is 0 Å². The number of ketones is 1. The minimum Gasteiger partial charge on any atom is -0.465 e. The van der Waals surface area contributed by atoms with Gasteiger partial charge in [0.2, 0.25) is 0 Å². The Morgan fingerprint density at radius 1 is 1.09 bits per heavy atom. The van der Waals surface area contributed by atoms with E-state index in [1.807, 2.05) is 13.0 Å². The zero-order valence-electron chi connectivity index (χ0n) is 21.4. The maximum atomic E-state index is 12.4. The number of rotatable bonds is 4. The third kappa shape index (κ3) is 3.76. The average molecular weight is 471 g/mol. The van der Waals surface area contributed by atoms with Crippen LogP contribution >= 0.6 is 0 Å². The molecule has 1 heterocycles. The van der Waals surface area contributed by atoms with Crippen LogP contribution in [0.2, 0.25) is 0 Å². The molecule has 5 heteroatoms. The SMILES string of the molecule is CC(=O)OC[C@]12CC[C@H]3[C@@H](CCC4=CC(=O)CC[C@@]43C)[C@@H]1CC[C@@H]2[C@H](C)[C@@H]1CC[C@H](C)C(=O)O1. The Kier molecular flexibility index (Phi) is 6.21. The smallest absolute Gasteiger partial charge is 0.308 e. The Bertz CT molecular complexity index is 891. The monoisotopic (exact) mass is 470 g/mol. The molecule has 5 aliphatic rings. The molecule has 5 nitrogen and oxygen atoms in total. The average Bonchev–Trinajstić information content (AvgIpc) is 3.19. The van der Waals surface area contributed by atoms with E-state index in [0.29, 0.717) is 42.5 Å². The molecule has 0 N–H and O–H groups in total. The Hall–Kier alpha value is -1.65. The molecule has 0 aromatic carbocycles. The highest BCUT2D eigenvalue weighted by molar-refractivity contribution is 5.91. The third-order valence-electron chi connectivity index (χ3n) is 11.1. The Morgan fingerprint density at radius 3 is 2.62 bits per heavy atom. The Labute approximate surface area is 204 Å². The van der Waals surface area contributed by atoms with Crippen molar-refractivity contribution in [1.29, 1.82) is 0 Å². The fourth-order valence-corrected chi connectivity index (χ4v) is 9.20. The minimum absolute atomic E-state index is 0.00201. The van der Waals surface area contributed by atoms with Gasteiger partial charge in [-0.2, -0.15) is 0 Å². The fourth-order valence-electron chi connectivity index (χ4n) is 9.20. The van der Waals surface area contributed by atoms with E-state index in [2.05, 4.69) is 13.8 Å². The molecule has 0 unspecified atom stereocenters. The van der Waals surface area contributed by atoms with Gasteiger partial charge in [-0.1, -0.05) is 26.3 Å². The van der Waals surface area contributed by atoms with E-state index in [1.165, 1.54) is 18.9 Å². The van der Waals surface area contributed by atoms with Crippen LogP contribution < -0.4 is 0 Å². The summed E-state index contributed by atoms with van der Waals surface area (Å²) < 4.78 is 11.8. The zero-order chi connectivity index (χ0) is 24.3. The molecule has 0 aromatic heterocycles. The molecule has 0 aromatic rings. The van der Waals surface area contributed by atoms with Crippen molar-refractivity contribution in [3.63, 3.8) is 0 Å². The highest BCUT2D eigenvalue weighted by atomic mass is 16.5. The van der Waals surface area contributed by atoms with Gasteiger partial charge < -0.3 is 9.47 Å². The first-order chi connectivity index (χ1) is 16.2. The summed E-state index contributed by atoms with van der Waals surface area (Å²) in [5.74, 6) is 2.49. The number of cyclic esters (lactones) is 1. The van der Waals surface area contributed by atoms with Crippen LogP contribution in [-0.2, 0) is 23.9 Å². The van der Waals surface area contributed by atoms with Crippen molar-refractivity contribution >= 4 is 17.7 Å². The first-order valence-electron chi connectivity index (χ1n) is 13.7. The summed E-state index contributed by atoms with van der Waals surface area (Å²) in [7, 11) is 0. The Balaban J connectivity index is 1.43. The van der Waals surface area contributed by atoms with Crippen molar-refractivity contribution in [3.05, 3.63) is 11.6 Å². The van der Waals surface area contributed by atoms with Crippen molar-refractivity contribution in [2.45, 2.75) is 98.0 Å². The molecular weight excluding hydrogens is 428 g/mol. The van der Waals surface area contributed by atoms with Crippen LogP contribution in [0.25, 0.3) is 0 Å². The normalized spacial score (nSPS) is 44.8. The molecule has 0 radical (unpaired) electrons. The zero-order valence-corrected chi connectivity index (χ0v) is 21.4. The maximum absolute atomic E-state index is 12.4. The van der Waals surface area contributed by atoms with Gasteiger partial charge in [0, 0.05) is 18.8 Å². The van der Waals surface area contributed by atoms with Gasteiger partial charge in [-0.25, -0.2) is 0 Å². The van der Waals surface area contributed by atoms with Crippen LogP contribution in [0.5, 0.6) is 0 Å². The van der Waals surface area contributed by atoms with Gasteiger partial charge in [0.15, 0.2) is 5.78 Å². The lowest BCUT2D eigenvalue weighted by Crippen LogP contribution is -2.54. The largest absolute Gasteiger partial charge is 0.465 e. The van der Waals surface area contributed by atoms with Gasteiger partial charge >= 0.3 is 11.9 Å². The van der Waals surface area contributed by atoms with Crippen LogP contribution in [-0.4, -0.2) is 30.4 Å². The quantitative estimate of drug-likeness (QED) is 0.496. The number of esters is 2. The second-order valence-electron chi connectivity index (χ2n) is 12.5. The second-order valence-corrected chi connectivity index (χ2v) is 12.5. The van der Waals surface area contributed by atoms with E-state index in [-0.39, 0.29) is 40.7 Å². The Morgan fingerprint density at radius 2 is 1.88 bits per heavy atom. The molecule has 0 bridgehead atoms. The standard InChI is InChI=1S/C29H42O5/c1-17-5-10-26(34-27(17)32)18(2)23-8-9-25-22-7-6-20-15-21(31)11-13-28(20,4)24(22)12-14-29(23,25)16-33-19(3)30/h15,17-18,22-26H,5-14,16H2,1-4H3/t17-,18-,22+,23+,24-,25-,26-,28-,29-/m0/s1. The molecule has 188 valence electrons. The third-order valence-corrected chi connectivity index (χ3v) is 11.1. The number of carbonyl (C=O) groups excluding carboxylic acids is 3. The molecule has 1 saturated heterocycles. The van der Waals surface area contributed by atoms with Crippen molar-refractivity contribution in [2.24, 2.45) is 46.3 Å². The van der Waals surface area contributed by atoms with Crippen molar-refractivity contribution in [3.8, 4) is 0 Å². The van der Waals surface area contributed by atoms with Gasteiger partial charge in [0.05, 0.1) is 12.5 Å². The van der Waals surface area contributed by atoms with E-state index in [4.69, 9.17) is 9.47 Å². The van der Waals surface area contributed by atoms with Crippen LogP contribution in [0.1, 0.15) is 91.9 Å². The summed E-state index contributed by atoms with van der Waals surface area (Å²) >= 11 is 0. The van der Waals surface area contributed by atoms with E-state index in [9.17, 15) is 14.4 Å². The molecule has 9 atom stereocenters. The van der Waals surface area contributed by atoms with E-state index >= 15 is 0 Å². The predicted octanol–water partition coefficient (Wildman–Crippen LogP) is 5.66. The highest BCUT2D eigenvalue weighted by Crippen LogP contribution is 2.68. The van der Waals surface area contributed by atoms with Gasteiger partial charge in [-0.3, -0.25) is 14.4 Å². The molecule has 34 heavy (non-hydrogen) atoms. The van der Waals surface area contributed by atoms with Gasteiger partial charge in [0.1, 0.15) is 6.10 Å². The number of hydrogen-bond donors (Lipinski definition) is 0. The summed E-state index contributed by atoms with van der Waals surface area (Å²) in [5, 5.41) is 0. The van der Waals surface area contributed by atoms with Crippen molar-refractivity contribution in [1.82, 2.24) is 0 Å². The van der Waals surface area contributed by atoms with E-state index < -0.39 is 0 Å². The van der Waals surface area contributed by atoms with Crippen LogP contribution in [0.3, 0.4) is 0 Å². The molecule has 5 rings (SSSR count). The number of ether oxygens (including phenoxy) is 2. The molecule has 4 fully saturated rings. The fraction of sp³-hybridized carbons (Fsp3) is 0.828. The van der Waals surface area contributed by atoms with Gasteiger partial charge in [-0.05, 0) is 98.9 Å². The van der Waals surface area contributed by atoms with Gasteiger partial charge in [-0.15, -0.1) is 0 Å². The molecule has 4 aliphatic carbocycles. The summed E-state index contributed by atoms with van der Waals surface area (Å²) in [4.78, 5) is 36.5. The number of allylic oxidation sites excluding steroid dienone is 1. The summed E-state index contributed by atoms with van der Waals surface area (Å²) in [6.45, 7) is 8.67. The summed E-state index contributed by atoms with van der Waals surface area (Å²) in [6, 6.07) is 0. The lowest BCUT2D eigenvalue weighted by atomic mass is 9.46. The number of carbonyl (C=O) groups is 3. The maximum Gasteiger partial charge on any atom is 0.308 e. The molecular formula is C29H42O5. The van der Waals surface area contributed by atoms with Crippen LogP contribution in [0, 0.1) is 46.3 Å². The lowest BCUT2D eigenvalue weighted by molar-refractivity contribution is -0.170. The van der Waals surface area contributed by atoms with Crippen LogP contribution in [0.15, 0.2) is 11.6 Å².